The molecular weight excluding hydrogens is 376 g/mol. The molecule has 2 aromatic carbocycles. The minimum absolute atomic E-state index is 0.0129. The summed E-state index contributed by atoms with van der Waals surface area (Å²) in [6.45, 7) is 5.96. The van der Waals surface area contributed by atoms with Gasteiger partial charge in [-0.2, -0.15) is 0 Å². The number of azo groups is 1. The van der Waals surface area contributed by atoms with E-state index in [0.717, 1.165) is 5.56 Å². The Morgan fingerprint density at radius 3 is 2.52 bits per heavy atom. The maximum absolute atomic E-state index is 12.0. The van der Waals surface area contributed by atoms with Crippen molar-refractivity contribution in [3.05, 3.63) is 58.1 Å². The van der Waals surface area contributed by atoms with Crippen LogP contribution in [0.5, 0.6) is 11.6 Å². The van der Waals surface area contributed by atoms with Crippen LogP contribution in [-0.2, 0) is 10.2 Å². The zero-order valence-corrected chi connectivity index (χ0v) is 16.2. The van der Waals surface area contributed by atoms with Gasteiger partial charge in [-0.15, -0.1) is 10.2 Å². The molecule has 0 saturated carbocycles. The van der Waals surface area contributed by atoms with E-state index in [1.54, 1.807) is 12.1 Å². The van der Waals surface area contributed by atoms with E-state index in [2.05, 4.69) is 36.0 Å². The number of rotatable bonds is 5. The lowest BCUT2D eigenvalue weighted by molar-refractivity contribution is -0.384. The summed E-state index contributed by atoms with van der Waals surface area (Å²) >= 11 is 0. The summed E-state index contributed by atoms with van der Waals surface area (Å²) in [5.74, 6) is -0.480. The number of carbonyl (C=O) groups excluding carboxylic acids is 1. The topological polar surface area (TPSA) is 130 Å². The second-order valence-electron chi connectivity index (χ2n) is 7.47. The Hall–Kier alpha value is -3.75. The van der Waals surface area contributed by atoms with Gasteiger partial charge in [0.05, 0.1) is 10.4 Å². The fourth-order valence-electron chi connectivity index (χ4n) is 2.70. The van der Waals surface area contributed by atoms with Crippen molar-refractivity contribution in [2.45, 2.75) is 26.2 Å². The standard InChI is InChI=1S/C20H20N4O5/c1-20(2,3)12-4-7-14(8-5-12)29-11-17(25)22-23-18-15-10-13(24(27)28)6-9-16(15)21-19(18)26/h4-10,21,26H,11H2,1-3H3. The molecule has 0 fully saturated rings. The molecule has 0 aliphatic rings. The molecule has 3 aromatic rings. The third-order valence-corrected chi connectivity index (χ3v) is 4.29. The largest absolute Gasteiger partial charge is 0.493 e. The number of H-pyrrole nitrogens is 1. The molecule has 2 N–H and O–H groups in total. The fourth-order valence-corrected chi connectivity index (χ4v) is 2.70. The predicted octanol–water partition coefficient (Wildman–Crippen LogP) is 4.77. The van der Waals surface area contributed by atoms with Crippen molar-refractivity contribution in [1.82, 2.24) is 4.98 Å². The average Bonchev–Trinajstić information content (AvgIpc) is 2.98. The third kappa shape index (κ3) is 4.57. The summed E-state index contributed by atoms with van der Waals surface area (Å²) in [5, 5.41) is 28.5. The van der Waals surface area contributed by atoms with Gasteiger partial charge in [0.25, 0.3) is 5.69 Å². The molecule has 1 aromatic heterocycles. The van der Waals surface area contributed by atoms with Crippen LogP contribution in [0.2, 0.25) is 0 Å². The molecular formula is C20H20N4O5. The van der Waals surface area contributed by atoms with Gasteiger partial charge in [-0.1, -0.05) is 32.9 Å². The van der Waals surface area contributed by atoms with Crippen LogP contribution in [0.3, 0.4) is 0 Å². The summed E-state index contributed by atoms with van der Waals surface area (Å²) in [4.78, 5) is 25.0. The van der Waals surface area contributed by atoms with E-state index in [0.29, 0.717) is 11.3 Å². The quantitative estimate of drug-likeness (QED) is 0.364. The van der Waals surface area contributed by atoms with Gasteiger partial charge in [0, 0.05) is 17.5 Å². The van der Waals surface area contributed by atoms with Gasteiger partial charge < -0.3 is 14.8 Å². The number of nitro benzene ring substituents is 1. The van der Waals surface area contributed by atoms with Gasteiger partial charge in [0.2, 0.25) is 5.88 Å². The van der Waals surface area contributed by atoms with E-state index in [9.17, 15) is 20.0 Å². The lowest BCUT2D eigenvalue weighted by Crippen LogP contribution is -2.11. The van der Waals surface area contributed by atoms with E-state index in [1.807, 2.05) is 12.1 Å². The number of non-ortho nitro benzene ring substituents is 1. The number of carbonyl (C=O) groups is 1. The maximum Gasteiger partial charge on any atom is 0.302 e. The molecule has 3 rings (SSSR count). The number of aromatic nitrogens is 1. The molecule has 0 saturated heterocycles. The molecule has 1 heterocycles. The Balaban J connectivity index is 1.70. The highest BCUT2D eigenvalue weighted by atomic mass is 16.6. The molecule has 0 spiro atoms. The molecule has 0 radical (unpaired) electrons. The first-order valence-electron chi connectivity index (χ1n) is 8.82. The molecule has 0 aliphatic carbocycles. The summed E-state index contributed by atoms with van der Waals surface area (Å²) < 4.78 is 5.41. The first-order chi connectivity index (χ1) is 13.6. The van der Waals surface area contributed by atoms with Crippen molar-refractivity contribution in [2.75, 3.05) is 6.61 Å². The lowest BCUT2D eigenvalue weighted by Gasteiger charge is -2.19. The van der Waals surface area contributed by atoms with Crippen molar-refractivity contribution in [2.24, 2.45) is 10.2 Å². The zero-order chi connectivity index (χ0) is 21.2. The highest BCUT2D eigenvalue weighted by Crippen LogP contribution is 2.37. The molecule has 9 heteroatoms. The number of nitrogens with zero attached hydrogens (tertiary/aromatic N) is 3. The van der Waals surface area contributed by atoms with Gasteiger partial charge in [-0.3, -0.25) is 14.9 Å². The molecule has 0 atom stereocenters. The fraction of sp³-hybridized carbons (Fsp3) is 0.250. The Kier molecular flexibility index (Phi) is 5.31. The van der Waals surface area contributed by atoms with E-state index >= 15 is 0 Å². The maximum atomic E-state index is 12.0. The Morgan fingerprint density at radius 2 is 1.90 bits per heavy atom. The van der Waals surface area contributed by atoms with Crippen LogP contribution in [-0.4, -0.2) is 27.5 Å². The first-order valence-corrected chi connectivity index (χ1v) is 8.82. The van der Waals surface area contributed by atoms with Gasteiger partial charge >= 0.3 is 5.91 Å². The van der Waals surface area contributed by atoms with Crippen LogP contribution in [0.15, 0.2) is 52.7 Å². The highest BCUT2D eigenvalue weighted by molar-refractivity contribution is 5.95. The van der Waals surface area contributed by atoms with Crippen LogP contribution in [0.4, 0.5) is 11.4 Å². The van der Waals surface area contributed by atoms with E-state index in [1.165, 1.54) is 18.2 Å². The number of aromatic amines is 1. The normalized spacial score (nSPS) is 11.8. The molecule has 29 heavy (non-hydrogen) atoms. The van der Waals surface area contributed by atoms with Gasteiger partial charge in [0.1, 0.15) is 5.75 Å². The van der Waals surface area contributed by atoms with Gasteiger partial charge in [-0.25, -0.2) is 0 Å². The van der Waals surface area contributed by atoms with Gasteiger partial charge in [-0.05, 0) is 29.2 Å². The van der Waals surface area contributed by atoms with Crippen molar-refractivity contribution < 1.29 is 19.6 Å². The van der Waals surface area contributed by atoms with Crippen molar-refractivity contribution in [3.8, 4) is 11.6 Å². The second-order valence-corrected chi connectivity index (χ2v) is 7.47. The van der Waals surface area contributed by atoms with Crippen LogP contribution >= 0.6 is 0 Å². The van der Waals surface area contributed by atoms with Crippen molar-refractivity contribution >= 4 is 28.2 Å². The van der Waals surface area contributed by atoms with Crippen LogP contribution in [0, 0.1) is 10.1 Å². The minimum atomic E-state index is -0.663. The molecule has 9 nitrogen and oxygen atoms in total. The number of amides is 1. The second kappa shape index (κ2) is 7.70. The number of aromatic hydroxyl groups is 1. The van der Waals surface area contributed by atoms with Crippen LogP contribution in [0.25, 0.3) is 10.9 Å². The molecule has 0 unspecified atom stereocenters. The SMILES string of the molecule is CC(C)(C)c1ccc(OCC(=O)N=Nc2c(O)[nH]c3ccc([N+](=O)[O-])cc23)cc1. The molecule has 0 aliphatic heterocycles. The van der Waals surface area contributed by atoms with E-state index < -0.39 is 10.8 Å². The monoisotopic (exact) mass is 396 g/mol. The average molecular weight is 396 g/mol. The number of benzene rings is 2. The zero-order valence-electron chi connectivity index (χ0n) is 16.2. The third-order valence-electron chi connectivity index (χ3n) is 4.29. The Morgan fingerprint density at radius 1 is 1.21 bits per heavy atom. The summed E-state index contributed by atoms with van der Waals surface area (Å²) in [5.41, 5.74) is 1.37. The van der Waals surface area contributed by atoms with Crippen molar-refractivity contribution in [3.63, 3.8) is 0 Å². The summed E-state index contributed by atoms with van der Waals surface area (Å²) in [6, 6.07) is 11.4. The molecule has 1 amide bonds. The number of nitrogens with one attached hydrogen (secondary N) is 1. The Bertz CT molecular complexity index is 1090. The smallest absolute Gasteiger partial charge is 0.302 e. The number of hydrogen-bond acceptors (Lipinski definition) is 6. The summed E-state index contributed by atoms with van der Waals surface area (Å²) in [7, 11) is 0. The number of ether oxygens (including phenoxy) is 1. The number of fused-ring (bicyclic) bond motifs is 1. The van der Waals surface area contributed by atoms with Crippen LogP contribution < -0.4 is 4.74 Å². The minimum Gasteiger partial charge on any atom is -0.493 e. The Labute approximate surface area is 166 Å². The van der Waals surface area contributed by atoms with Crippen LogP contribution in [0.1, 0.15) is 26.3 Å². The van der Waals surface area contributed by atoms with Crippen molar-refractivity contribution in [1.29, 1.82) is 0 Å². The van der Waals surface area contributed by atoms with E-state index in [4.69, 9.17) is 4.74 Å². The molecule has 150 valence electrons. The van der Waals surface area contributed by atoms with E-state index in [-0.39, 0.29) is 34.7 Å². The highest BCUT2D eigenvalue weighted by Gasteiger charge is 2.16. The first kappa shape index (κ1) is 20.0. The van der Waals surface area contributed by atoms with Gasteiger partial charge in [0.15, 0.2) is 12.3 Å². The molecule has 0 bridgehead atoms. The number of hydrogen-bond donors (Lipinski definition) is 2. The lowest BCUT2D eigenvalue weighted by atomic mass is 9.87. The summed E-state index contributed by atoms with van der Waals surface area (Å²) in [6.07, 6.45) is 0. The predicted molar refractivity (Wildman–Crippen MR) is 107 cm³/mol. The number of nitro groups is 1.